The highest BCUT2D eigenvalue weighted by atomic mass is 16.3. The summed E-state index contributed by atoms with van der Waals surface area (Å²) >= 11 is 0. The SMILES string of the molecule is CCCCCCCC/C=C/CC/C=C/CC/C=C/CCCC(O)C(O)C(CO)NC(=O)C(O)CCCCCCCCCCCCCCCCCCCCCCCC. The maximum Gasteiger partial charge on any atom is 0.249 e. The van der Waals surface area contributed by atoms with Gasteiger partial charge in [0, 0.05) is 0 Å². The van der Waals surface area contributed by atoms with Crippen LogP contribution in [0.25, 0.3) is 0 Å². The number of nitrogens with one attached hydrogen (secondary N) is 1. The number of carbonyl (C=O) groups excluding carboxylic acids is 1. The van der Waals surface area contributed by atoms with Gasteiger partial charge in [0.1, 0.15) is 12.2 Å². The van der Waals surface area contributed by atoms with E-state index in [1.54, 1.807) is 0 Å². The van der Waals surface area contributed by atoms with Crippen LogP contribution in [0, 0.1) is 0 Å². The van der Waals surface area contributed by atoms with Gasteiger partial charge < -0.3 is 25.7 Å². The third-order valence-electron chi connectivity index (χ3n) is 11.6. The van der Waals surface area contributed by atoms with Gasteiger partial charge >= 0.3 is 0 Å². The van der Waals surface area contributed by atoms with Crippen molar-refractivity contribution in [3.63, 3.8) is 0 Å². The number of unbranched alkanes of at least 4 members (excludes halogenated alkanes) is 30. The van der Waals surface area contributed by atoms with Crippen molar-refractivity contribution in [1.82, 2.24) is 5.32 Å². The van der Waals surface area contributed by atoms with Crippen LogP contribution < -0.4 is 5.32 Å². The van der Waals surface area contributed by atoms with E-state index in [9.17, 15) is 25.2 Å². The van der Waals surface area contributed by atoms with E-state index in [-0.39, 0.29) is 0 Å². The molecule has 6 nitrogen and oxygen atoms in total. The monoisotopic (exact) mass is 804 g/mol. The second kappa shape index (κ2) is 45.6. The van der Waals surface area contributed by atoms with Crippen LogP contribution in [0.4, 0.5) is 0 Å². The van der Waals surface area contributed by atoms with Crippen LogP contribution >= 0.6 is 0 Å². The molecule has 6 heteroatoms. The van der Waals surface area contributed by atoms with Crippen molar-refractivity contribution in [1.29, 1.82) is 0 Å². The fourth-order valence-electron chi connectivity index (χ4n) is 7.61. The molecule has 0 bridgehead atoms. The maximum absolute atomic E-state index is 12.5. The molecule has 0 aliphatic rings. The van der Waals surface area contributed by atoms with Crippen molar-refractivity contribution in [2.24, 2.45) is 0 Å². The molecule has 0 rings (SSSR count). The van der Waals surface area contributed by atoms with Gasteiger partial charge in [-0.15, -0.1) is 0 Å². The van der Waals surface area contributed by atoms with Crippen LogP contribution in [0.3, 0.4) is 0 Å². The van der Waals surface area contributed by atoms with Crippen molar-refractivity contribution in [3.05, 3.63) is 36.5 Å². The fourth-order valence-corrected chi connectivity index (χ4v) is 7.61. The molecular formula is C51H97NO5. The minimum Gasteiger partial charge on any atom is -0.394 e. The molecule has 0 aromatic carbocycles. The minimum atomic E-state index is -1.29. The minimum absolute atomic E-state index is 0.362. The van der Waals surface area contributed by atoms with Gasteiger partial charge in [-0.25, -0.2) is 0 Å². The third kappa shape index (κ3) is 39.7. The van der Waals surface area contributed by atoms with Crippen molar-refractivity contribution < 1.29 is 25.2 Å². The average Bonchev–Trinajstić information content (AvgIpc) is 3.22. The van der Waals surface area contributed by atoms with Crippen LogP contribution in [0.5, 0.6) is 0 Å². The zero-order valence-electron chi connectivity index (χ0n) is 37.8. The maximum atomic E-state index is 12.5. The van der Waals surface area contributed by atoms with E-state index < -0.39 is 36.9 Å². The molecule has 4 unspecified atom stereocenters. The summed E-state index contributed by atoms with van der Waals surface area (Å²) < 4.78 is 0. The number of amides is 1. The lowest BCUT2D eigenvalue weighted by atomic mass is 10.00. The number of hydrogen-bond donors (Lipinski definition) is 5. The highest BCUT2D eigenvalue weighted by molar-refractivity contribution is 5.80. The normalized spacial score (nSPS) is 14.3. The number of hydrogen-bond acceptors (Lipinski definition) is 5. The van der Waals surface area contributed by atoms with E-state index >= 15 is 0 Å². The molecule has 0 aliphatic carbocycles. The predicted octanol–water partition coefficient (Wildman–Crippen LogP) is 13.7. The summed E-state index contributed by atoms with van der Waals surface area (Å²) in [4.78, 5) is 12.5. The first-order chi connectivity index (χ1) is 28.0. The quantitative estimate of drug-likeness (QED) is 0.0311. The summed E-state index contributed by atoms with van der Waals surface area (Å²) in [5.74, 6) is -0.597. The van der Waals surface area contributed by atoms with E-state index in [0.717, 1.165) is 51.4 Å². The average molecular weight is 804 g/mol. The van der Waals surface area contributed by atoms with Gasteiger partial charge in [-0.2, -0.15) is 0 Å². The highest BCUT2D eigenvalue weighted by Gasteiger charge is 2.28. The van der Waals surface area contributed by atoms with Gasteiger partial charge in [0.25, 0.3) is 0 Å². The Morgan fingerprint density at radius 3 is 1.11 bits per heavy atom. The number of aliphatic hydroxyl groups excluding tert-OH is 4. The van der Waals surface area contributed by atoms with Crippen LogP contribution in [-0.4, -0.2) is 57.3 Å². The van der Waals surface area contributed by atoms with Gasteiger partial charge in [0.2, 0.25) is 5.91 Å². The molecule has 4 atom stereocenters. The molecule has 0 saturated carbocycles. The van der Waals surface area contributed by atoms with Crippen LogP contribution in [0.15, 0.2) is 36.5 Å². The topological polar surface area (TPSA) is 110 Å². The van der Waals surface area contributed by atoms with E-state index in [0.29, 0.717) is 19.3 Å². The van der Waals surface area contributed by atoms with Crippen molar-refractivity contribution in [2.75, 3.05) is 6.61 Å². The zero-order valence-corrected chi connectivity index (χ0v) is 37.8. The Labute approximate surface area is 354 Å². The molecule has 0 saturated heterocycles. The Hall–Kier alpha value is -1.47. The second-order valence-corrected chi connectivity index (χ2v) is 17.1. The van der Waals surface area contributed by atoms with E-state index in [2.05, 4.69) is 55.6 Å². The van der Waals surface area contributed by atoms with E-state index in [1.807, 2.05) is 0 Å². The summed E-state index contributed by atoms with van der Waals surface area (Å²) in [6.45, 7) is 4.04. The van der Waals surface area contributed by atoms with Crippen LogP contribution in [0.1, 0.15) is 251 Å². The first-order valence-corrected chi connectivity index (χ1v) is 24.9. The molecule has 336 valence electrons. The molecule has 0 aromatic rings. The van der Waals surface area contributed by atoms with Gasteiger partial charge in [-0.1, -0.05) is 224 Å². The first kappa shape index (κ1) is 55.5. The number of allylic oxidation sites excluding steroid dienone is 6. The Morgan fingerprint density at radius 2 is 0.737 bits per heavy atom. The lowest BCUT2D eigenvalue weighted by molar-refractivity contribution is -0.132. The molecule has 0 aliphatic heterocycles. The second-order valence-electron chi connectivity index (χ2n) is 17.1. The first-order valence-electron chi connectivity index (χ1n) is 24.9. The Balaban J connectivity index is 3.74. The number of rotatable bonds is 45. The summed E-state index contributed by atoms with van der Waals surface area (Å²) in [6.07, 6.45) is 54.7. The summed E-state index contributed by atoms with van der Waals surface area (Å²) in [7, 11) is 0. The van der Waals surface area contributed by atoms with Crippen molar-refractivity contribution >= 4 is 5.91 Å². The Kier molecular flexibility index (Phi) is 44.4. The molecule has 0 aromatic heterocycles. The van der Waals surface area contributed by atoms with Crippen LogP contribution in [-0.2, 0) is 4.79 Å². The van der Waals surface area contributed by atoms with Gasteiger partial charge in [-0.3, -0.25) is 4.79 Å². The van der Waals surface area contributed by atoms with Crippen LogP contribution in [0.2, 0.25) is 0 Å². The Bertz CT molecular complexity index is 904. The molecule has 0 heterocycles. The molecule has 0 radical (unpaired) electrons. The largest absolute Gasteiger partial charge is 0.394 e. The van der Waals surface area contributed by atoms with E-state index in [4.69, 9.17) is 0 Å². The number of carbonyl (C=O) groups is 1. The Morgan fingerprint density at radius 1 is 0.421 bits per heavy atom. The zero-order chi connectivity index (χ0) is 41.7. The molecule has 1 amide bonds. The van der Waals surface area contributed by atoms with Gasteiger partial charge in [-0.05, 0) is 64.2 Å². The smallest absolute Gasteiger partial charge is 0.249 e. The van der Waals surface area contributed by atoms with Crippen molar-refractivity contribution in [2.45, 2.75) is 276 Å². The molecule has 5 N–H and O–H groups in total. The standard InChI is InChI=1S/C51H97NO5/c1-3-5-7-9-11-13-15-17-19-21-23-24-25-27-29-31-33-35-37-39-41-43-45-49(55)51(57)52-47(46-53)50(56)48(54)44-42-40-38-36-34-32-30-28-26-22-20-18-16-14-12-10-8-6-4-2/h18,20,28,30,36,38,47-50,53-56H,3-17,19,21-27,29,31-35,37,39-46H2,1-2H3,(H,52,57)/b20-18+,30-28+,38-36+. The number of aliphatic hydroxyl groups is 4. The molecule has 57 heavy (non-hydrogen) atoms. The fraction of sp³-hybridized carbons (Fsp3) is 0.863. The molecule has 0 fully saturated rings. The van der Waals surface area contributed by atoms with Gasteiger partial charge in [0.15, 0.2) is 0 Å². The lowest BCUT2D eigenvalue weighted by Crippen LogP contribution is -2.53. The van der Waals surface area contributed by atoms with Gasteiger partial charge in [0.05, 0.1) is 18.8 Å². The third-order valence-corrected chi connectivity index (χ3v) is 11.6. The summed E-state index contributed by atoms with van der Waals surface area (Å²) in [5, 5.41) is 43.8. The highest BCUT2D eigenvalue weighted by Crippen LogP contribution is 2.17. The molecular weight excluding hydrogens is 707 g/mol. The van der Waals surface area contributed by atoms with E-state index in [1.165, 1.54) is 167 Å². The lowest BCUT2D eigenvalue weighted by Gasteiger charge is -2.27. The summed E-state index contributed by atoms with van der Waals surface area (Å²) in [6, 6.07) is -1.01. The van der Waals surface area contributed by atoms with Crippen molar-refractivity contribution in [3.8, 4) is 0 Å². The summed E-state index contributed by atoms with van der Waals surface area (Å²) in [5.41, 5.74) is 0. The molecule has 0 spiro atoms. The predicted molar refractivity (Wildman–Crippen MR) is 247 cm³/mol.